The minimum atomic E-state index is -0.636. The Kier molecular flexibility index (Phi) is 5.01. The zero-order valence-electron chi connectivity index (χ0n) is 14.4. The van der Waals surface area contributed by atoms with Gasteiger partial charge in [-0.05, 0) is 25.0 Å². The quantitative estimate of drug-likeness (QED) is 0.814. The Labute approximate surface area is 149 Å². The Morgan fingerprint density at radius 2 is 1.77 bits per heavy atom. The van der Waals surface area contributed by atoms with Gasteiger partial charge in [0, 0.05) is 37.9 Å². The molecule has 2 heterocycles. The van der Waals surface area contributed by atoms with Gasteiger partial charge in [-0.25, -0.2) is 4.79 Å². The van der Waals surface area contributed by atoms with Crippen LogP contribution in [0.1, 0.15) is 33.6 Å². The molecule has 0 atom stereocenters. The SMILES string of the molecule is Cn1c(=O)[nH]cc(C(=O)NC2CCN(C(=O)c3ccccc3)CC2)c1=O. The molecule has 0 aliphatic carbocycles. The van der Waals surface area contributed by atoms with Gasteiger partial charge in [0.25, 0.3) is 17.4 Å². The molecule has 1 aromatic carbocycles. The maximum absolute atomic E-state index is 12.4. The number of aromatic amines is 1. The number of rotatable bonds is 3. The molecule has 0 saturated carbocycles. The smallest absolute Gasteiger partial charge is 0.328 e. The van der Waals surface area contributed by atoms with Gasteiger partial charge in [-0.15, -0.1) is 0 Å². The molecule has 0 radical (unpaired) electrons. The van der Waals surface area contributed by atoms with Crippen molar-refractivity contribution in [3.63, 3.8) is 0 Å². The summed E-state index contributed by atoms with van der Waals surface area (Å²) in [5.41, 5.74) is -0.663. The van der Waals surface area contributed by atoms with Crippen molar-refractivity contribution >= 4 is 11.8 Å². The van der Waals surface area contributed by atoms with E-state index >= 15 is 0 Å². The van der Waals surface area contributed by atoms with Crippen LogP contribution in [0, 0.1) is 0 Å². The number of piperidine rings is 1. The van der Waals surface area contributed by atoms with Crippen molar-refractivity contribution in [2.75, 3.05) is 13.1 Å². The van der Waals surface area contributed by atoms with Gasteiger partial charge in [-0.1, -0.05) is 18.2 Å². The lowest BCUT2D eigenvalue weighted by Gasteiger charge is -2.32. The van der Waals surface area contributed by atoms with Gasteiger partial charge in [0.05, 0.1) is 0 Å². The number of hydrogen-bond donors (Lipinski definition) is 2. The third-order valence-electron chi connectivity index (χ3n) is 4.56. The number of amides is 2. The van der Waals surface area contributed by atoms with E-state index in [0.29, 0.717) is 31.5 Å². The fraction of sp³-hybridized carbons (Fsp3) is 0.333. The van der Waals surface area contributed by atoms with Crippen molar-refractivity contribution in [1.82, 2.24) is 19.8 Å². The number of nitrogens with zero attached hydrogens (tertiary/aromatic N) is 2. The van der Waals surface area contributed by atoms with E-state index in [1.54, 1.807) is 17.0 Å². The average Bonchev–Trinajstić information content (AvgIpc) is 2.67. The van der Waals surface area contributed by atoms with E-state index in [1.165, 1.54) is 7.05 Å². The van der Waals surface area contributed by atoms with Gasteiger partial charge in [0.2, 0.25) is 0 Å². The van der Waals surface area contributed by atoms with Crippen molar-refractivity contribution < 1.29 is 9.59 Å². The fourth-order valence-electron chi connectivity index (χ4n) is 2.98. The molecule has 26 heavy (non-hydrogen) atoms. The number of likely N-dealkylation sites (tertiary alicyclic amines) is 1. The molecule has 2 amide bonds. The molecule has 136 valence electrons. The molecule has 0 bridgehead atoms. The topological polar surface area (TPSA) is 104 Å². The first-order valence-corrected chi connectivity index (χ1v) is 8.41. The van der Waals surface area contributed by atoms with Gasteiger partial charge < -0.3 is 15.2 Å². The van der Waals surface area contributed by atoms with E-state index in [9.17, 15) is 19.2 Å². The standard InChI is InChI=1S/C18H20N4O4/c1-21-17(25)14(11-19-18(21)26)15(23)20-13-7-9-22(10-8-13)16(24)12-5-3-2-4-6-12/h2-6,11,13H,7-10H2,1H3,(H,19,26)(H,20,23). The van der Waals surface area contributed by atoms with Crippen molar-refractivity contribution in [2.24, 2.45) is 7.05 Å². The maximum Gasteiger partial charge on any atom is 0.328 e. The molecule has 8 nitrogen and oxygen atoms in total. The summed E-state index contributed by atoms with van der Waals surface area (Å²) < 4.78 is 0.857. The van der Waals surface area contributed by atoms with E-state index in [1.807, 2.05) is 18.2 Å². The summed E-state index contributed by atoms with van der Waals surface area (Å²) in [6.07, 6.45) is 2.34. The van der Waals surface area contributed by atoms with Gasteiger partial charge in [-0.3, -0.25) is 19.0 Å². The van der Waals surface area contributed by atoms with E-state index in [-0.39, 0.29) is 17.5 Å². The zero-order chi connectivity index (χ0) is 18.7. The second-order valence-electron chi connectivity index (χ2n) is 6.28. The highest BCUT2D eigenvalue weighted by atomic mass is 16.2. The Morgan fingerprint density at radius 3 is 2.42 bits per heavy atom. The molecule has 1 aromatic heterocycles. The van der Waals surface area contributed by atoms with Crippen LogP contribution in [0.3, 0.4) is 0 Å². The Hall–Kier alpha value is -3.16. The van der Waals surface area contributed by atoms with Gasteiger partial charge in [0.15, 0.2) is 0 Å². The normalized spacial score (nSPS) is 14.9. The Balaban J connectivity index is 1.60. The second kappa shape index (κ2) is 7.38. The lowest BCUT2D eigenvalue weighted by atomic mass is 10.0. The highest BCUT2D eigenvalue weighted by molar-refractivity contribution is 5.94. The van der Waals surface area contributed by atoms with Crippen LogP contribution in [0.2, 0.25) is 0 Å². The highest BCUT2D eigenvalue weighted by Crippen LogP contribution is 2.14. The van der Waals surface area contributed by atoms with E-state index in [4.69, 9.17) is 0 Å². The Morgan fingerprint density at radius 1 is 1.12 bits per heavy atom. The zero-order valence-corrected chi connectivity index (χ0v) is 14.4. The van der Waals surface area contributed by atoms with Crippen LogP contribution >= 0.6 is 0 Å². The number of carbonyl (C=O) groups is 2. The molecule has 1 fully saturated rings. The molecule has 0 unspecified atom stereocenters. The number of H-pyrrole nitrogens is 1. The molecular weight excluding hydrogens is 336 g/mol. The van der Waals surface area contributed by atoms with Crippen LogP contribution in [0.15, 0.2) is 46.1 Å². The Bertz CT molecular complexity index is 924. The van der Waals surface area contributed by atoms with Gasteiger partial charge >= 0.3 is 5.69 Å². The van der Waals surface area contributed by atoms with Crippen LogP contribution in [0.4, 0.5) is 0 Å². The molecule has 2 N–H and O–H groups in total. The highest BCUT2D eigenvalue weighted by Gasteiger charge is 2.25. The molecule has 2 aromatic rings. The summed E-state index contributed by atoms with van der Waals surface area (Å²) in [7, 11) is 1.31. The van der Waals surface area contributed by atoms with E-state index in [0.717, 1.165) is 10.8 Å². The maximum atomic E-state index is 12.4. The summed E-state index contributed by atoms with van der Waals surface area (Å²) in [5.74, 6) is -0.542. The third-order valence-corrected chi connectivity index (χ3v) is 4.56. The number of aromatic nitrogens is 2. The van der Waals surface area contributed by atoms with Crippen LogP contribution in [-0.4, -0.2) is 45.4 Å². The van der Waals surface area contributed by atoms with E-state index < -0.39 is 17.2 Å². The molecular formula is C18H20N4O4. The largest absolute Gasteiger partial charge is 0.349 e. The van der Waals surface area contributed by atoms with Crippen LogP contribution < -0.4 is 16.6 Å². The minimum absolute atomic E-state index is 0.0233. The average molecular weight is 356 g/mol. The minimum Gasteiger partial charge on any atom is -0.349 e. The third kappa shape index (κ3) is 3.58. The monoisotopic (exact) mass is 356 g/mol. The second-order valence-corrected chi connectivity index (χ2v) is 6.28. The number of hydrogen-bond acceptors (Lipinski definition) is 4. The molecule has 1 aliphatic heterocycles. The number of carbonyl (C=O) groups excluding carboxylic acids is 2. The van der Waals surface area contributed by atoms with Crippen molar-refractivity contribution in [3.05, 3.63) is 68.5 Å². The first-order chi connectivity index (χ1) is 12.5. The van der Waals surface area contributed by atoms with Crippen LogP contribution in [0.25, 0.3) is 0 Å². The molecule has 1 aliphatic rings. The van der Waals surface area contributed by atoms with E-state index in [2.05, 4.69) is 10.3 Å². The molecule has 1 saturated heterocycles. The first-order valence-electron chi connectivity index (χ1n) is 8.41. The summed E-state index contributed by atoms with van der Waals surface area (Å²) in [4.78, 5) is 52.2. The predicted octanol–water partition coefficient (Wildman–Crippen LogP) is 0.108. The molecule has 0 spiro atoms. The summed E-state index contributed by atoms with van der Waals surface area (Å²) >= 11 is 0. The molecule has 3 rings (SSSR count). The molecule has 8 heteroatoms. The van der Waals surface area contributed by atoms with Crippen LogP contribution in [-0.2, 0) is 7.05 Å². The van der Waals surface area contributed by atoms with Crippen molar-refractivity contribution in [2.45, 2.75) is 18.9 Å². The number of nitrogens with one attached hydrogen (secondary N) is 2. The first kappa shape index (κ1) is 17.7. The van der Waals surface area contributed by atoms with Crippen molar-refractivity contribution in [3.8, 4) is 0 Å². The van der Waals surface area contributed by atoms with Gasteiger partial charge in [0.1, 0.15) is 5.56 Å². The summed E-state index contributed by atoms with van der Waals surface area (Å²) in [5, 5.41) is 2.81. The number of benzene rings is 1. The predicted molar refractivity (Wildman–Crippen MR) is 95.1 cm³/mol. The lowest BCUT2D eigenvalue weighted by molar-refractivity contribution is 0.0698. The fourth-order valence-corrected chi connectivity index (χ4v) is 2.98. The van der Waals surface area contributed by atoms with Crippen LogP contribution in [0.5, 0.6) is 0 Å². The van der Waals surface area contributed by atoms with Gasteiger partial charge in [-0.2, -0.15) is 0 Å². The summed E-state index contributed by atoms with van der Waals surface area (Å²) in [6.45, 7) is 1.06. The summed E-state index contributed by atoms with van der Waals surface area (Å²) in [6, 6.07) is 8.94. The van der Waals surface area contributed by atoms with Crippen molar-refractivity contribution in [1.29, 1.82) is 0 Å². The lowest BCUT2D eigenvalue weighted by Crippen LogP contribution is -2.48.